The molecule has 2 amide bonds. The fourth-order valence-corrected chi connectivity index (χ4v) is 3.54. The second kappa shape index (κ2) is 13.1. The van der Waals surface area contributed by atoms with Crippen LogP contribution in [0.3, 0.4) is 0 Å². The lowest BCUT2D eigenvalue weighted by Gasteiger charge is -2.35. The summed E-state index contributed by atoms with van der Waals surface area (Å²) in [4.78, 5) is 50.7. The first-order valence-electron chi connectivity index (χ1n) is 11.7. The number of ether oxygens (including phenoxy) is 4. The van der Waals surface area contributed by atoms with E-state index in [-0.39, 0.29) is 43.4 Å². The van der Waals surface area contributed by atoms with E-state index in [2.05, 4.69) is 10.1 Å². The van der Waals surface area contributed by atoms with Crippen LogP contribution >= 0.6 is 0 Å². The summed E-state index contributed by atoms with van der Waals surface area (Å²) < 4.78 is 59.0. The summed E-state index contributed by atoms with van der Waals surface area (Å²) in [6, 6.07) is 12.0. The van der Waals surface area contributed by atoms with Gasteiger partial charge >= 0.3 is 18.1 Å². The predicted molar refractivity (Wildman–Crippen MR) is 130 cm³/mol. The summed E-state index contributed by atoms with van der Waals surface area (Å²) in [5.41, 5.74) is 6.66. The fraction of sp³-hybridized carbons (Fsp3) is 0.360. The molecule has 210 valence electrons. The van der Waals surface area contributed by atoms with Gasteiger partial charge in [-0.3, -0.25) is 9.59 Å². The van der Waals surface area contributed by atoms with Crippen LogP contribution in [-0.2, 0) is 39.9 Å². The number of hydrogen-bond acceptors (Lipinski definition) is 9. The number of morpholine rings is 1. The van der Waals surface area contributed by atoms with Crippen LogP contribution < -0.4 is 20.7 Å². The SMILES string of the molecule is CCOC(=O)COc1cccc(N2CCO[C@H]([C@@H](OC(=O)C(F)(F)F)C(=O)Nc3ccc(CN)cc3)C2=O)c1. The number of nitrogens with one attached hydrogen (secondary N) is 1. The van der Waals surface area contributed by atoms with Gasteiger partial charge in [0.05, 0.1) is 13.2 Å². The van der Waals surface area contributed by atoms with Crippen molar-refractivity contribution in [1.29, 1.82) is 0 Å². The van der Waals surface area contributed by atoms with E-state index in [1.54, 1.807) is 19.1 Å². The largest absolute Gasteiger partial charge is 0.490 e. The number of nitrogens with zero attached hydrogens (tertiary/aromatic N) is 1. The lowest BCUT2D eigenvalue weighted by atomic mass is 10.1. The number of rotatable bonds is 10. The normalized spacial score (nSPS) is 16.3. The van der Waals surface area contributed by atoms with Crippen LogP contribution in [0, 0.1) is 0 Å². The number of esters is 2. The topological polar surface area (TPSA) is 146 Å². The molecule has 0 radical (unpaired) electrons. The predicted octanol–water partition coefficient (Wildman–Crippen LogP) is 1.93. The molecule has 0 bridgehead atoms. The van der Waals surface area contributed by atoms with Gasteiger partial charge in [-0.05, 0) is 36.8 Å². The van der Waals surface area contributed by atoms with Crippen LogP contribution in [0.5, 0.6) is 5.75 Å². The Morgan fingerprint density at radius 3 is 2.54 bits per heavy atom. The number of carbonyl (C=O) groups is 4. The molecule has 39 heavy (non-hydrogen) atoms. The van der Waals surface area contributed by atoms with E-state index in [1.165, 1.54) is 36.4 Å². The summed E-state index contributed by atoms with van der Waals surface area (Å²) in [7, 11) is 0. The smallest absolute Gasteiger partial charge is 0.482 e. The molecule has 1 aliphatic rings. The molecular formula is C25H26F3N3O8. The Balaban J connectivity index is 1.82. The number of benzene rings is 2. The molecule has 3 rings (SSSR count). The summed E-state index contributed by atoms with van der Waals surface area (Å²) >= 11 is 0. The van der Waals surface area contributed by atoms with Gasteiger partial charge in [-0.2, -0.15) is 13.2 Å². The third-order valence-electron chi connectivity index (χ3n) is 5.37. The third-order valence-corrected chi connectivity index (χ3v) is 5.37. The molecular weight excluding hydrogens is 527 g/mol. The molecule has 14 heteroatoms. The van der Waals surface area contributed by atoms with Gasteiger partial charge in [-0.15, -0.1) is 0 Å². The number of alkyl halides is 3. The molecule has 2 atom stereocenters. The summed E-state index contributed by atoms with van der Waals surface area (Å²) in [6.45, 7) is 1.41. The quantitative estimate of drug-likeness (QED) is 0.422. The molecule has 1 aliphatic heterocycles. The number of anilines is 2. The molecule has 0 unspecified atom stereocenters. The molecule has 1 heterocycles. The lowest BCUT2D eigenvalue weighted by molar-refractivity contribution is -0.210. The van der Waals surface area contributed by atoms with Crippen LogP contribution in [0.25, 0.3) is 0 Å². The van der Waals surface area contributed by atoms with Gasteiger partial charge in [0, 0.05) is 30.5 Å². The van der Waals surface area contributed by atoms with E-state index < -0.39 is 48.7 Å². The summed E-state index contributed by atoms with van der Waals surface area (Å²) in [6.07, 6.45) is -9.59. The van der Waals surface area contributed by atoms with E-state index in [4.69, 9.17) is 19.9 Å². The van der Waals surface area contributed by atoms with Crippen LogP contribution in [0.4, 0.5) is 24.5 Å². The van der Waals surface area contributed by atoms with Crippen molar-refractivity contribution in [2.75, 3.05) is 36.6 Å². The zero-order valence-corrected chi connectivity index (χ0v) is 20.7. The van der Waals surface area contributed by atoms with Gasteiger partial charge in [0.1, 0.15) is 5.75 Å². The minimum atomic E-state index is -5.43. The second-order valence-corrected chi connectivity index (χ2v) is 8.09. The Hall–Kier alpha value is -4.17. The van der Waals surface area contributed by atoms with E-state index >= 15 is 0 Å². The minimum absolute atomic E-state index is 0.0290. The molecule has 11 nitrogen and oxygen atoms in total. The van der Waals surface area contributed by atoms with Crippen LogP contribution in [0.2, 0.25) is 0 Å². The Bertz CT molecular complexity index is 1190. The van der Waals surface area contributed by atoms with Crippen LogP contribution in [0.1, 0.15) is 12.5 Å². The highest BCUT2D eigenvalue weighted by atomic mass is 19.4. The fourth-order valence-electron chi connectivity index (χ4n) is 3.54. The van der Waals surface area contributed by atoms with E-state index in [9.17, 15) is 32.3 Å². The minimum Gasteiger partial charge on any atom is -0.482 e. The highest BCUT2D eigenvalue weighted by Crippen LogP contribution is 2.27. The van der Waals surface area contributed by atoms with Crippen LogP contribution in [-0.4, -0.2) is 68.5 Å². The summed E-state index contributed by atoms with van der Waals surface area (Å²) in [5, 5.41) is 2.33. The molecule has 1 saturated heterocycles. The summed E-state index contributed by atoms with van der Waals surface area (Å²) in [5.74, 6) is -5.21. The lowest BCUT2D eigenvalue weighted by Crippen LogP contribution is -2.57. The van der Waals surface area contributed by atoms with E-state index in [0.717, 1.165) is 10.5 Å². The van der Waals surface area contributed by atoms with Crippen molar-refractivity contribution in [2.45, 2.75) is 31.9 Å². The Morgan fingerprint density at radius 1 is 1.18 bits per heavy atom. The van der Waals surface area contributed by atoms with Crippen molar-refractivity contribution in [1.82, 2.24) is 0 Å². The maximum Gasteiger partial charge on any atom is 0.490 e. The molecule has 1 fully saturated rings. The first kappa shape index (κ1) is 29.4. The van der Waals surface area contributed by atoms with Gasteiger partial charge < -0.3 is 34.9 Å². The highest BCUT2D eigenvalue weighted by molar-refractivity contribution is 6.04. The van der Waals surface area contributed by atoms with Crippen molar-refractivity contribution in [3.63, 3.8) is 0 Å². The first-order valence-corrected chi connectivity index (χ1v) is 11.7. The van der Waals surface area contributed by atoms with Crippen molar-refractivity contribution in [2.24, 2.45) is 5.73 Å². The van der Waals surface area contributed by atoms with E-state index in [0.29, 0.717) is 0 Å². The van der Waals surface area contributed by atoms with Gasteiger partial charge in [0.15, 0.2) is 12.7 Å². The molecule has 0 aliphatic carbocycles. The van der Waals surface area contributed by atoms with Crippen molar-refractivity contribution < 1.29 is 51.3 Å². The number of amides is 2. The van der Waals surface area contributed by atoms with Crippen molar-refractivity contribution in [3.8, 4) is 5.75 Å². The third kappa shape index (κ3) is 7.91. The highest BCUT2D eigenvalue weighted by Gasteiger charge is 2.48. The molecule has 0 spiro atoms. The first-order chi connectivity index (χ1) is 18.5. The zero-order valence-electron chi connectivity index (χ0n) is 20.7. The Kier molecular flexibility index (Phi) is 9.84. The average molecular weight is 553 g/mol. The number of hydrogen-bond donors (Lipinski definition) is 2. The molecule has 3 N–H and O–H groups in total. The Labute approximate surface area is 220 Å². The number of nitrogens with two attached hydrogens (primary N) is 1. The second-order valence-electron chi connectivity index (χ2n) is 8.09. The van der Waals surface area contributed by atoms with Crippen molar-refractivity contribution >= 4 is 35.1 Å². The van der Waals surface area contributed by atoms with Gasteiger partial charge in [0.2, 0.25) is 6.10 Å². The monoisotopic (exact) mass is 553 g/mol. The number of halogens is 3. The maximum absolute atomic E-state index is 13.3. The Morgan fingerprint density at radius 2 is 1.90 bits per heavy atom. The average Bonchev–Trinajstić information content (AvgIpc) is 2.91. The van der Waals surface area contributed by atoms with Gasteiger partial charge in [-0.1, -0.05) is 18.2 Å². The molecule has 2 aromatic carbocycles. The molecule has 2 aromatic rings. The number of carbonyl (C=O) groups excluding carboxylic acids is 4. The molecule has 0 aromatic heterocycles. The van der Waals surface area contributed by atoms with Gasteiger partial charge in [0.25, 0.3) is 11.8 Å². The maximum atomic E-state index is 13.3. The molecule has 0 saturated carbocycles. The van der Waals surface area contributed by atoms with Gasteiger partial charge in [-0.25, -0.2) is 9.59 Å². The van der Waals surface area contributed by atoms with Crippen LogP contribution in [0.15, 0.2) is 48.5 Å². The van der Waals surface area contributed by atoms with E-state index in [1.807, 2.05) is 0 Å². The standard InChI is InChI=1S/C25H26F3N3O8/c1-2-36-19(32)14-38-18-5-3-4-17(12-18)31-10-11-37-21(23(31)34)20(39-24(35)25(26,27)28)22(33)30-16-8-6-15(13-29)7-9-16/h3-9,12,20-21H,2,10-11,13-14,29H2,1H3,(H,30,33)/t20-,21-/m1/s1. The van der Waals surface area contributed by atoms with Crippen molar-refractivity contribution in [3.05, 3.63) is 54.1 Å². The zero-order chi connectivity index (χ0) is 28.6.